The van der Waals surface area contributed by atoms with Crippen LogP contribution in [0.5, 0.6) is 0 Å². The fourth-order valence-electron chi connectivity index (χ4n) is 1.35. The normalized spacial score (nSPS) is 16.7. The zero-order valence-electron chi connectivity index (χ0n) is 9.51. The van der Waals surface area contributed by atoms with Crippen molar-refractivity contribution < 1.29 is 15.0 Å². The van der Waals surface area contributed by atoms with E-state index in [-0.39, 0.29) is 7.43 Å². The molecular formula is C14H14N2Ni-2. The van der Waals surface area contributed by atoms with Crippen LogP contribution in [0, 0.1) is 13.5 Å². The molecule has 0 unspecified atom stereocenters. The zero-order valence-corrected chi connectivity index (χ0v) is 10.5. The van der Waals surface area contributed by atoms with Crippen LogP contribution in [-0.2, 0) is 15.0 Å². The molecule has 0 heterocycles. The first-order chi connectivity index (χ1) is 7.65. The van der Waals surface area contributed by atoms with Gasteiger partial charge < -0.3 is 7.43 Å². The number of nitrogens with two attached hydrogens (primary N) is 2. The van der Waals surface area contributed by atoms with E-state index in [0.717, 1.165) is 15.6 Å². The average molecular weight is 269 g/mol. The van der Waals surface area contributed by atoms with E-state index < -0.39 is 0 Å². The van der Waals surface area contributed by atoms with Gasteiger partial charge in [0.1, 0.15) is 0 Å². The standard InChI is InChI=1S/C13H11N2.CH3.Ni/c14-12-5-1-10(2-6-12)9-11-3-7-13(15)8-4-11;;/h1,3,5-9H,14-15H2;1H3;/q2*-1;/b10-9-;;. The van der Waals surface area contributed by atoms with Crippen molar-refractivity contribution in [2.45, 2.75) is 0 Å². The topological polar surface area (TPSA) is 52.0 Å². The van der Waals surface area contributed by atoms with Crippen LogP contribution in [0.25, 0.3) is 6.08 Å². The predicted octanol–water partition coefficient (Wildman–Crippen LogP) is 2.03. The molecule has 0 aromatic heterocycles. The van der Waals surface area contributed by atoms with Crippen molar-refractivity contribution in [3.05, 3.63) is 66.8 Å². The van der Waals surface area contributed by atoms with Crippen LogP contribution < -0.4 is 11.5 Å². The molecular weight excluding hydrogens is 255 g/mol. The first-order valence-electron chi connectivity index (χ1n) is 4.79. The van der Waals surface area contributed by atoms with Gasteiger partial charge in [0.25, 0.3) is 0 Å². The fourth-order valence-corrected chi connectivity index (χ4v) is 1.66. The summed E-state index contributed by atoms with van der Waals surface area (Å²) in [4.78, 5) is 0. The number of allylic oxidation sites excluding steroid dienone is 4. The van der Waals surface area contributed by atoms with Gasteiger partial charge in [-0.3, -0.25) is 0 Å². The van der Waals surface area contributed by atoms with Crippen molar-refractivity contribution in [1.82, 2.24) is 0 Å². The van der Waals surface area contributed by atoms with Crippen LogP contribution in [0.15, 0.2) is 47.7 Å². The number of benzene rings is 1. The Hall–Kier alpha value is -1.60. The molecule has 1 aromatic carbocycles. The molecule has 0 saturated carbocycles. The second-order valence-electron chi connectivity index (χ2n) is 3.47. The summed E-state index contributed by atoms with van der Waals surface area (Å²) >= 11 is 4.90. The summed E-state index contributed by atoms with van der Waals surface area (Å²) in [6.45, 7) is 0. The Balaban J connectivity index is 0.00000144. The Kier molecular flexibility index (Phi) is 4.48. The molecule has 0 bridgehead atoms. The second-order valence-corrected chi connectivity index (χ2v) is 4.00. The fraction of sp³-hybridized carbons (Fsp3) is 0. The maximum absolute atomic E-state index is 5.64. The molecule has 0 fully saturated rings. The molecule has 1 aliphatic carbocycles. The van der Waals surface area contributed by atoms with Gasteiger partial charge in [-0.05, 0) is 0 Å². The van der Waals surface area contributed by atoms with E-state index >= 15 is 0 Å². The SMILES string of the molecule is NC1=C[C](=[Ni])/C(=C\c2[c-]cc(N)cc2)C=C1.[CH3-]. The van der Waals surface area contributed by atoms with E-state index in [9.17, 15) is 0 Å². The van der Waals surface area contributed by atoms with Gasteiger partial charge in [-0.1, -0.05) is 0 Å². The predicted molar refractivity (Wildman–Crippen MR) is 70.5 cm³/mol. The van der Waals surface area contributed by atoms with Gasteiger partial charge in [-0.2, -0.15) is 0 Å². The third-order valence-corrected chi connectivity index (χ3v) is 2.60. The van der Waals surface area contributed by atoms with Crippen LogP contribution >= 0.6 is 0 Å². The van der Waals surface area contributed by atoms with Crippen LogP contribution in [-0.4, -0.2) is 4.49 Å². The van der Waals surface area contributed by atoms with Gasteiger partial charge in [0.05, 0.1) is 0 Å². The number of nitrogen functional groups attached to an aromatic ring is 1. The molecule has 0 amide bonds. The summed E-state index contributed by atoms with van der Waals surface area (Å²) in [7, 11) is 0. The zero-order chi connectivity index (χ0) is 11.5. The van der Waals surface area contributed by atoms with Gasteiger partial charge in [0.15, 0.2) is 0 Å². The molecule has 1 aromatic rings. The molecule has 4 N–H and O–H groups in total. The molecule has 1 aliphatic rings. The number of anilines is 1. The minimum Gasteiger partial charge on any atom is -0.358 e. The molecule has 0 atom stereocenters. The minimum absolute atomic E-state index is 0. The summed E-state index contributed by atoms with van der Waals surface area (Å²) < 4.78 is 0.783. The Morgan fingerprint density at radius 3 is 2.53 bits per heavy atom. The quantitative estimate of drug-likeness (QED) is 0.465. The largest absolute Gasteiger partial charge is 0.358 e. The van der Waals surface area contributed by atoms with Crippen molar-refractivity contribution in [2.24, 2.45) is 5.73 Å². The molecule has 0 radical (unpaired) electrons. The van der Waals surface area contributed by atoms with Gasteiger partial charge in [-0.25, -0.2) is 0 Å². The van der Waals surface area contributed by atoms with Crippen molar-refractivity contribution in [3.63, 3.8) is 0 Å². The Morgan fingerprint density at radius 2 is 1.94 bits per heavy atom. The number of hydrogen-bond donors (Lipinski definition) is 2. The van der Waals surface area contributed by atoms with Crippen LogP contribution in [0.4, 0.5) is 5.69 Å². The second kappa shape index (κ2) is 5.65. The maximum atomic E-state index is 5.64. The summed E-state index contributed by atoms with van der Waals surface area (Å²) in [6.07, 6.45) is 7.52. The smallest absolute Gasteiger partial charge is 0.358 e. The molecule has 0 aliphatic heterocycles. The third-order valence-electron chi connectivity index (χ3n) is 2.17. The third kappa shape index (κ3) is 3.43. The Morgan fingerprint density at radius 1 is 1.18 bits per heavy atom. The Labute approximate surface area is 110 Å². The summed E-state index contributed by atoms with van der Waals surface area (Å²) in [5.41, 5.74) is 14.6. The van der Waals surface area contributed by atoms with Crippen LogP contribution in [0.3, 0.4) is 0 Å². The first kappa shape index (κ1) is 13.5. The molecule has 0 saturated heterocycles. The van der Waals surface area contributed by atoms with Gasteiger partial charge in [0.2, 0.25) is 0 Å². The number of hydrogen-bond acceptors (Lipinski definition) is 2. The van der Waals surface area contributed by atoms with Gasteiger partial charge >= 0.3 is 102 Å². The average Bonchev–Trinajstić information content (AvgIpc) is 2.25. The van der Waals surface area contributed by atoms with E-state index in [1.807, 2.05) is 30.4 Å². The van der Waals surface area contributed by atoms with Crippen molar-refractivity contribution in [1.29, 1.82) is 0 Å². The van der Waals surface area contributed by atoms with E-state index in [1.165, 1.54) is 0 Å². The Bertz CT molecular complexity index is 508. The van der Waals surface area contributed by atoms with Gasteiger partial charge in [-0.15, -0.1) is 0 Å². The molecule has 3 heteroatoms. The van der Waals surface area contributed by atoms with E-state index in [2.05, 4.69) is 6.07 Å². The van der Waals surface area contributed by atoms with E-state index in [1.54, 1.807) is 12.1 Å². The maximum Gasteiger partial charge on any atom is -0.358 e. The molecule has 92 valence electrons. The van der Waals surface area contributed by atoms with E-state index in [0.29, 0.717) is 11.4 Å². The van der Waals surface area contributed by atoms with Crippen molar-refractivity contribution in [2.75, 3.05) is 5.73 Å². The molecule has 2 rings (SSSR count). The number of rotatable bonds is 1. The molecule has 0 spiro atoms. The van der Waals surface area contributed by atoms with Crippen LogP contribution in [0.1, 0.15) is 5.56 Å². The first-order valence-corrected chi connectivity index (χ1v) is 5.28. The van der Waals surface area contributed by atoms with Crippen LogP contribution in [0.2, 0.25) is 0 Å². The molecule has 2 nitrogen and oxygen atoms in total. The van der Waals surface area contributed by atoms with Gasteiger partial charge in [0, 0.05) is 0 Å². The van der Waals surface area contributed by atoms with Crippen molar-refractivity contribution >= 4 is 16.3 Å². The van der Waals surface area contributed by atoms with E-state index in [4.69, 9.17) is 26.5 Å². The summed E-state index contributed by atoms with van der Waals surface area (Å²) in [5.74, 6) is 0. The molecule has 17 heavy (non-hydrogen) atoms. The van der Waals surface area contributed by atoms with Crippen molar-refractivity contribution in [3.8, 4) is 0 Å². The minimum atomic E-state index is 0. The summed E-state index contributed by atoms with van der Waals surface area (Å²) in [5, 5.41) is 0. The summed E-state index contributed by atoms with van der Waals surface area (Å²) in [6, 6.07) is 8.57. The monoisotopic (exact) mass is 268 g/mol.